The molecule has 0 atom stereocenters. The van der Waals surface area contributed by atoms with Gasteiger partial charge in [0, 0.05) is 5.69 Å². The molecular weight excluding hydrogens is 396 g/mol. The van der Waals surface area contributed by atoms with Crippen LogP contribution in [-0.2, 0) is 17.1 Å². The van der Waals surface area contributed by atoms with Crippen molar-refractivity contribution in [1.29, 1.82) is 0 Å². The summed E-state index contributed by atoms with van der Waals surface area (Å²) in [5.41, 5.74) is 4.21. The number of nitrogens with zero attached hydrogens (tertiary/aromatic N) is 1. The van der Waals surface area contributed by atoms with E-state index in [4.69, 9.17) is 23.8 Å². The van der Waals surface area contributed by atoms with E-state index in [1.165, 1.54) is 18.2 Å². The van der Waals surface area contributed by atoms with Crippen molar-refractivity contribution in [3.63, 3.8) is 0 Å². The number of rotatable bonds is 3. The topological polar surface area (TPSA) is 36.4 Å². The van der Waals surface area contributed by atoms with Crippen LogP contribution in [0.25, 0.3) is 0 Å². The van der Waals surface area contributed by atoms with Gasteiger partial charge in [0.15, 0.2) is 5.11 Å². The van der Waals surface area contributed by atoms with E-state index in [0.29, 0.717) is 10.8 Å². The predicted octanol–water partition coefficient (Wildman–Crippen LogP) is 0.801. The Balaban J connectivity index is 0.00000220. The Morgan fingerprint density at radius 2 is 1.86 bits per heavy atom. The number of nitrogens with one attached hydrogen (secondary N) is 2. The molecule has 0 unspecified atom stereocenters. The van der Waals surface area contributed by atoms with Crippen LogP contribution in [0.3, 0.4) is 0 Å². The molecule has 0 saturated carbocycles. The molecule has 0 aromatic heterocycles. The molecule has 2 rings (SSSR count). The number of hydrogen-bond donors (Lipinski definition) is 2. The molecular formula is C14H11Cl2CuFN3S+. The molecule has 0 aliphatic heterocycles. The summed E-state index contributed by atoms with van der Waals surface area (Å²) in [5, 5.41) is 7.17. The van der Waals surface area contributed by atoms with Crippen LogP contribution in [0.4, 0.5) is 10.1 Å². The van der Waals surface area contributed by atoms with E-state index in [-0.39, 0.29) is 34.5 Å². The average Bonchev–Trinajstić information content (AvgIpc) is 2.44. The van der Waals surface area contributed by atoms with Gasteiger partial charge in [-0.3, -0.25) is 5.43 Å². The zero-order valence-corrected chi connectivity index (χ0v) is 14.3. The Morgan fingerprint density at radius 1 is 1.18 bits per heavy atom. The van der Waals surface area contributed by atoms with Crippen LogP contribution in [0.2, 0.25) is 5.02 Å². The second-order valence-corrected chi connectivity index (χ2v) is 4.68. The Morgan fingerprint density at radius 3 is 2.50 bits per heavy atom. The van der Waals surface area contributed by atoms with E-state index in [9.17, 15) is 4.39 Å². The fourth-order valence-corrected chi connectivity index (χ4v) is 1.79. The number of halogens is 3. The fourth-order valence-electron chi connectivity index (χ4n) is 1.44. The van der Waals surface area contributed by atoms with Crippen molar-refractivity contribution in [2.75, 3.05) is 5.32 Å². The van der Waals surface area contributed by atoms with Crippen molar-refractivity contribution in [3.8, 4) is 0 Å². The van der Waals surface area contributed by atoms with E-state index >= 15 is 0 Å². The van der Waals surface area contributed by atoms with Crippen LogP contribution in [-0.4, -0.2) is 11.3 Å². The minimum Gasteiger partial charge on any atom is -1.00 e. The first-order chi connectivity index (χ1) is 9.65. The van der Waals surface area contributed by atoms with Gasteiger partial charge >= 0.3 is 17.1 Å². The van der Waals surface area contributed by atoms with Gasteiger partial charge in [-0.1, -0.05) is 41.9 Å². The third-order valence-electron chi connectivity index (χ3n) is 2.36. The van der Waals surface area contributed by atoms with Crippen LogP contribution in [0.1, 0.15) is 5.56 Å². The summed E-state index contributed by atoms with van der Waals surface area (Å²) in [6.45, 7) is 0. The van der Waals surface area contributed by atoms with Crippen LogP contribution in [0, 0.1) is 5.82 Å². The second kappa shape index (κ2) is 10.5. The van der Waals surface area contributed by atoms with Gasteiger partial charge in [0.1, 0.15) is 5.82 Å². The third kappa shape index (κ3) is 6.73. The van der Waals surface area contributed by atoms with Crippen molar-refractivity contribution in [3.05, 3.63) is 64.9 Å². The van der Waals surface area contributed by atoms with Crippen LogP contribution in [0.5, 0.6) is 0 Å². The maximum atomic E-state index is 13.0. The molecule has 0 aliphatic rings. The fraction of sp³-hybridized carbons (Fsp3) is 0. The minimum absolute atomic E-state index is 0. The number of hydrogen-bond acceptors (Lipinski definition) is 2. The molecule has 0 spiro atoms. The standard InChI is InChI=1S/C14H11ClFN3S.ClH.Cu/c15-12-8-11(6-7-13(12)16)18-14(20)19-17-9-10-4-2-1-3-5-10;;/h1-9H,(H2,18,19,20);1H;/q;;+2/p-1/b17-9+;;. The summed E-state index contributed by atoms with van der Waals surface area (Å²) in [5.74, 6) is -0.474. The molecule has 0 amide bonds. The Kier molecular flexibility index (Phi) is 9.98. The number of hydrazone groups is 1. The monoisotopic (exact) mass is 405 g/mol. The average molecular weight is 407 g/mol. The molecule has 0 fully saturated rings. The maximum Gasteiger partial charge on any atom is 2.00 e. The van der Waals surface area contributed by atoms with Gasteiger partial charge in [0.05, 0.1) is 11.2 Å². The zero-order valence-electron chi connectivity index (χ0n) is 11.0. The van der Waals surface area contributed by atoms with Gasteiger partial charge in [-0.15, -0.1) is 0 Å². The Labute approximate surface area is 155 Å². The second-order valence-electron chi connectivity index (χ2n) is 3.86. The van der Waals surface area contributed by atoms with Crippen molar-refractivity contribution in [1.82, 2.24) is 5.43 Å². The summed E-state index contributed by atoms with van der Waals surface area (Å²) in [6.07, 6.45) is 1.64. The summed E-state index contributed by atoms with van der Waals surface area (Å²) in [7, 11) is 0. The number of anilines is 1. The Hall–Kier alpha value is -1.17. The van der Waals surface area contributed by atoms with Crippen LogP contribution >= 0.6 is 23.8 Å². The largest absolute Gasteiger partial charge is 2.00 e. The first-order valence-corrected chi connectivity index (χ1v) is 6.54. The van der Waals surface area contributed by atoms with E-state index in [1.54, 1.807) is 6.21 Å². The predicted molar refractivity (Wildman–Crippen MR) is 84.8 cm³/mol. The first kappa shape index (κ1) is 20.8. The molecule has 2 N–H and O–H groups in total. The Bertz CT molecular complexity index is 641. The van der Waals surface area contributed by atoms with Gasteiger partial charge < -0.3 is 17.7 Å². The van der Waals surface area contributed by atoms with Crippen molar-refractivity contribution in [2.45, 2.75) is 0 Å². The van der Waals surface area contributed by atoms with Crippen LogP contribution < -0.4 is 23.1 Å². The SMILES string of the molecule is Fc1ccc(NC(=S)N/N=C/c2ccccc2)cc1Cl.[Cl-].[Cu+2]. The van der Waals surface area contributed by atoms with E-state index in [2.05, 4.69) is 15.8 Å². The van der Waals surface area contributed by atoms with Crippen molar-refractivity contribution >= 4 is 40.8 Å². The van der Waals surface area contributed by atoms with E-state index in [1.807, 2.05) is 30.3 Å². The van der Waals surface area contributed by atoms with E-state index < -0.39 is 5.82 Å². The van der Waals surface area contributed by atoms with E-state index in [0.717, 1.165) is 5.56 Å². The molecule has 0 aliphatic carbocycles. The molecule has 2 aromatic carbocycles. The molecule has 0 bridgehead atoms. The number of thiocarbonyl (C=S) groups is 1. The first-order valence-electron chi connectivity index (χ1n) is 5.75. The van der Waals surface area contributed by atoms with Crippen molar-refractivity contribution < 1.29 is 33.9 Å². The molecule has 119 valence electrons. The summed E-state index contributed by atoms with van der Waals surface area (Å²) in [6, 6.07) is 13.8. The zero-order chi connectivity index (χ0) is 14.4. The molecule has 22 heavy (non-hydrogen) atoms. The smallest absolute Gasteiger partial charge is 1.00 e. The minimum atomic E-state index is -0.474. The molecule has 1 radical (unpaired) electrons. The number of benzene rings is 2. The van der Waals surface area contributed by atoms with Crippen molar-refractivity contribution in [2.24, 2.45) is 5.10 Å². The summed E-state index contributed by atoms with van der Waals surface area (Å²) >= 11 is 10.7. The summed E-state index contributed by atoms with van der Waals surface area (Å²) in [4.78, 5) is 0. The molecule has 2 aromatic rings. The summed E-state index contributed by atoms with van der Waals surface area (Å²) < 4.78 is 13.0. The molecule has 3 nitrogen and oxygen atoms in total. The van der Waals surface area contributed by atoms with Gasteiger partial charge in [0.25, 0.3) is 0 Å². The normalized spacial score (nSPS) is 9.55. The van der Waals surface area contributed by atoms with Gasteiger partial charge in [-0.25, -0.2) is 4.39 Å². The van der Waals surface area contributed by atoms with Gasteiger partial charge in [-0.05, 0) is 36.0 Å². The maximum absolute atomic E-state index is 13.0. The third-order valence-corrected chi connectivity index (χ3v) is 2.84. The molecule has 8 heteroatoms. The van der Waals surface area contributed by atoms with Gasteiger partial charge in [-0.2, -0.15) is 5.10 Å². The quantitative estimate of drug-likeness (QED) is 0.343. The molecule has 0 heterocycles. The van der Waals surface area contributed by atoms with Crippen LogP contribution in [0.15, 0.2) is 53.6 Å². The van der Waals surface area contributed by atoms with Gasteiger partial charge in [0.2, 0.25) is 0 Å². The molecule has 0 saturated heterocycles.